The van der Waals surface area contributed by atoms with Gasteiger partial charge in [0.15, 0.2) is 0 Å². The molecule has 0 bridgehead atoms. The van der Waals surface area contributed by atoms with E-state index in [0.717, 1.165) is 25.2 Å². The molecule has 1 rings (SSSR count). The molecule has 0 spiro atoms. The highest BCUT2D eigenvalue weighted by Crippen LogP contribution is 2.19. The second kappa shape index (κ2) is 11.2. The van der Waals surface area contributed by atoms with Crippen molar-refractivity contribution in [1.82, 2.24) is 0 Å². The van der Waals surface area contributed by atoms with Crippen LogP contribution in [0, 0.1) is 5.92 Å². The molecule has 0 aromatic heterocycles. The molecule has 1 saturated heterocycles. The lowest BCUT2D eigenvalue weighted by atomic mass is 9.96. The predicted octanol–water partition coefficient (Wildman–Crippen LogP) is 5.64. The Morgan fingerprint density at radius 2 is 1.45 bits per heavy atom. The minimum atomic E-state index is 0.0246. The molecule has 2 unspecified atom stereocenters. The van der Waals surface area contributed by atoms with E-state index in [1.165, 1.54) is 57.8 Å². The van der Waals surface area contributed by atoms with Crippen LogP contribution in [0.5, 0.6) is 0 Å². The van der Waals surface area contributed by atoms with Gasteiger partial charge in [0, 0.05) is 6.42 Å². The first kappa shape index (κ1) is 17.5. The van der Waals surface area contributed by atoms with E-state index in [4.69, 9.17) is 4.74 Å². The summed E-state index contributed by atoms with van der Waals surface area (Å²) in [4.78, 5) is 11.8. The highest BCUT2D eigenvalue weighted by atomic mass is 16.5. The number of esters is 1. The SMILES string of the molecule is CCC1CCCCCCCCC(C)CCCCC(=O)O1. The van der Waals surface area contributed by atoms with Gasteiger partial charge in [0.05, 0.1) is 0 Å². The van der Waals surface area contributed by atoms with Gasteiger partial charge in [-0.3, -0.25) is 4.79 Å². The molecule has 118 valence electrons. The number of rotatable bonds is 1. The van der Waals surface area contributed by atoms with E-state index in [2.05, 4.69) is 13.8 Å². The second-order valence-electron chi connectivity index (χ2n) is 6.57. The summed E-state index contributed by atoms with van der Waals surface area (Å²) < 4.78 is 5.59. The summed E-state index contributed by atoms with van der Waals surface area (Å²) in [6.07, 6.45) is 15.6. The Bertz CT molecular complexity index is 250. The Kier molecular flexibility index (Phi) is 9.78. The normalized spacial score (nSPS) is 28.8. The quantitative estimate of drug-likeness (QED) is 0.582. The fourth-order valence-corrected chi connectivity index (χ4v) is 3.07. The van der Waals surface area contributed by atoms with E-state index in [0.29, 0.717) is 6.42 Å². The number of carbonyl (C=O) groups is 1. The maximum atomic E-state index is 11.8. The molecule has 1 aliphatic heterocycles. The molecular weight excluding hydrogens is 248 g/mol. The van der Waals surface area contributed by atoms with Crippen molar-refractivity contribution in [3.8, 4) is 0 Å². The van der Waals surface area contributed by atoms with Crippen molar-refractivity contribution in [1.29, 1.82) is 0 Å². The van der Waals surface area contributed by atoms with Crippen molar-refractivity contribution in [3.63, 3.8) is 0 Å². The third-order valence-electron chi connectivity index (χ3n) is 4.55. The zero-order chi connectivity index (χ0) is 14.6. The summed E-state index contributed by atoms with van der Waals surface area (Å²) >= 11 is 0. The van der Waals surface area contributed by atoms with Crippen LogP contribution in [-0.2, 0) is 9.53 Å². The summed E-state index contributed by atoms with van der Waals surface area (Å²) in [6, 6.07) is 0. The molecule has 0 amide bonds. The molecule has 0 saturated carbocycles. The molecule has 0 aromatic rings. The van der Waals surface area contributed by atoms with Crippen LogP contribution in [0.3, 0.4) is 0 Å². The Labute approximate surface area is 125 Å². The van der Waals surface area contributed by atoms with Crippen molar-refractivity contribution in [2.75, 3.05) is 0 Å². The first-order valence-corrected chi connectivity index (χ1v) is 8.91. The van der Waals surface area contributed by atoms with E-state index >= 15 is 0 Å². The van der Waals surface area contributed by atoms with Gasteiger partial charge in [-0.25, -0.2) is 0 Å². The minimum absolute atomic E-state index is 0.0246. The third-order valence-corrected chi connectivity index (χ3v) is 4.55. The molecule has 2 heteroatoms. The smallest absolute Gasteiger partial charge is 0.306 e. The average molecular weight is 282 g/mol. The van der Waals surface area contributed by atoms with Crippen molar-refractivity contribution in [2.24, 2.45) is 5.92 Å². The molecule has 1 aliphatic rings. The summed E-state index contributed by atoms with van der Waals surface area (Å²) in [5.74, 6) is 0.846. The molecule has 1 fully saturated rings. The predicted molar refractivity (Wildman–Crippen MR) is 84.7 cm³/mol. The van der Waals surface area contributed by atoms with Crippen LogP contribution in [0.15, 0.2) is 0 Å². The van der Waals surface area contributed by atoms with Gasteiger partial charge in [0.2, 0.25) is 0 Å². The summed E-state index contributed by atoms with van der Waals surface area (Å²) in [5, 5.41) is 0. The van der Waals surface area contributed by atoms with E-state index in [1.807, 2.05) is 0 Å². The van der Waals surface area contributed by atoms with Gasteiger partial charge in [0.25, 0.3) is 0 Å². The molecule has 1 heterocycles. The van der Waals surface area contributed by atoms with E-state index in [1.54, 1.807) is 0 Å². The van der Waals surface area contributed by atoms with Crippen LogP contribution < -0.4 is 0 Å². The van der Waals surface area contributed by atoms with Gasteiger partial charge in [-0.05, 0) is 31.6 Å². The highest BCUT2D eigenvalue weighted by Gasteiger charge is 2.12. The maximum Gasteiger partial charge on any atom is 0.306 e. The topological polar surface area (TPSA) is 26.3 Å². The summed E-state index contributed by atoms with van der Waals surface area (Å²) in [7, 11) is 0. The number of carbonyl (C=O) groups excluding carboxylic acids is 1. The molecular formula is C18H34O2. The van der Waals surface area contributed by atoms with Crippen LogP contribution in [0.1, 0.15) is 97.3 Å². The number of cyclic esters (lactones) is 1. The van der Waals surface area contributed by atoms with E-state index in [9.17, 15) is 4.79 Å². The Morgan fingerprint density at radius 3 is 2.10 bits per heavy atom. The third kappa shape index (κ3) is 8.60. The number of hydrogen-bond acceptors (Lipinski definition) is 2. The van der Waals surface area contributed by atoms with Gasteiger partial charge in [-0.2, -0.15) is 0 Å². The average Bonchev–Trinajstić information content (AvgIpc) is 2.44. The summed E-state index contributed by atoms with van der Waals surface area (Å²) in [6.45, 7) is 4.48. The standard InChI is InChI=1S/C18H34O2/c1-3-17-14-9-7-5-4-6-8-12-16(2)13-10-11-15-18(19)20-17/h16-17H,3-15H2,1-2H3. The van der Waals surface area contributed by atoms with Crippen molar-refractivity contribution in [2.45, 2.75) is 103 Å². The molecule has 0 radical (unpaired) electrons. The fraction of sp³-hybridized carbons (Fsp3) is 0.944. The van der Waals surface area contributed by atoms with Gasteiger partial charge < -0.3 is 4.74 Å². The van der Waals surface area contributed by atoms with Crippen LogP contribution >= 0.6 is 0 Å². The molecule has 0 aromatic carbocycles. The monoisotopic (exact) mass is 282 g/mol. The highest BCUT2D eigenvalue weighted by molar-refractivity contribution is 5.69. The van der Waals surface area contributed by atoms with Crippen molar-refractivity contribution >= 4 is 5.97 Å². The lowest BCUT2D eigenvalue weighted by molar-refractivity contribution is -0.149. The fourth-order valence-electron chi connectivity index (χ4n) is 3.07. The Morgan fingerprint density at radius 1 is 0.900 bits per heavy atom. The maximum absolute atomic E-state index is 11.8. The molecule has 2 atom stereocenters. The Balaban J connectivity index is 2.34. The first-order valence-electron chi connectivity index (χ1n) is 8.91. The molecule has 0 aliphatic carbocycles. The van der Waals surface area contributed by atoms with E-state index < -0.39 is 0 Å². The van der Waals surface area contributed by atoms with E-state index in [-0.39, 0.29) is 12.1 Å². The van der Waals surface area contributed by atoms with Gasteiger partial charge in [0.1, 0.15) is 6.10 Å². The van der Waals surface area contributed by atoms with Crippen LogP contribution in [0.4, 0.5) is 0 Å². The second-order valence-corrected chi connectivity index (χ2v) is 6.57. The summed E-state index contributed by atoms with van der Waals surface area (Å²) in [5.41, 5.74) is 0. The largest absolute Gasteiger partial charge is 0.462 e. The minimum Gasteiger partial charge on any atom is -0.462 e. The Hall–Kier alpha value is -0.530. The lowest BCUT2D eigenvalue weighted by Crippen LogP contribution is -2.17. The van der Waals surface area contributed by atoms with Gasteiger partial charge in [-0.1, -0.05) is 65.2 Å². The van der Waals surface area contributed by atoms with Crippen molar-refractivity contribution in [3.05, 3.63) is 0 Å². The molecule has 0 N–H and O–H groups in total. The molecule has 20 heavy (non-hydrogen) atoms. The zero-order valence-electron chi connectivity index (χ0n) is 13.7. The number of ether oxygens (including phenoxy) is 1. The molecule has 2 nitrogen and oxygen atoms in total. The van der Waals surface area contributed by atoms with Crippen LogP contribution in [0.2, 0.25) is 0 Å². The van der Waals surface area contributed by atoms with Gasteiger partial charge in [-0.15, -0.1) is 0 Å². The lowest BCUT2D eigenvalue weighted by Gasteiger charge is -2.17. The zero-order valence-corrected chi connectivity index (χ0v) is 13.7. The van der Waals surface area contributed by atoms with Crippen LogP contribution in [0.25, 0.3) is 0 Å². The number of hydrogen-bond donors (Lipinski definition) is 0. The first-order chi connectivity index (χ1) is 9.72. The van der Waals surface area contributed by atoms with Crippen LogP contribution in [-0.4, -0.2) is 12.1 Å². The van der Waals surface area contributed by atoms with Gasteiger partial charge >= 0.3 is 5.97 Å². The van der Waals surface area contributed by atoms with Crippen molar-refractivity contribution < 1.29 is 9.53 Å².